The summed E-state index contributed by atoms with van der Waals surface area (Å²) in [5.41, 5.74) is 0.802. The van der Waals surface area contributed by atoms with Gasteiger partial charge in [-0.2, -0.15) is 4.52 Å². The molecule has 0 saturated heterocycles. The van der Waals surface area contributed by atoms with Crippen LogP contribution in [0.2, 0.25) is 0 Å². The van der Waals surface area contributed by atoms with E-state index in [1.807, 2.05) is 0 Å². The fraction of sp³-hybridized carbons (Fsp3) is 0. The third-order valence-corrected chi connectivity index (χ3v) is 2.18. The Hall–Kier alpha value is -0.240. The van der Waals surface area contributed by atoms with Gasteiger partial charge in [-0.25, -0.2) is 9.97 Å². The quantitative estimate of drug-likeness (QED) is 0.545. The number of rotatable bonds is 0. The van der Waals surface area contributed by atoms with Crippen molar-refractivity contribution in [3.63, 3.8) is 0 Å². The van der Waals surface area contributed by atoms with Gasteiger partial charge in [0.25, 0.3) is 0 Å². The first-order valence-corrected chi connectivity index (χ1v) is 4.67. The molecule has 0 N–H and O–H groups in total. The molecule has 2 rings (SSSR count). The molecule has 0 unspecified atom stereocenters. The number of hydrogen-bond donors (Lipinski definition) is 0. The normalized spacial score (nSPS) is 10.7. The molecule has 0 radical (unpaired) electrons. The van der Waals surface area contributed by atoms with E-state index < -0.39 is 0 Å². The van der Waals surface area contributed by atoms with Crippen LogP contribution in [0, 0.1) is 3.83 Å². The minimum atomic E-state index is 0.672. The van der Waals surface area contributed by atoms with Crippen molar-refractivity contribution < 1.29 is 0 Å². The lowest BCUT2D eigenvalue weighted by atomic mass is 10.6. The van der Waals surface area contributed by atoms with E-state index in [4.69, 9.17) is 0 Å². The van der Waals surface area contributed by atoms with Crippen molar-refractivity contribution >= 4 is 44.2 Å². The molecule has 6 heteroatoms. The van der Waals surface area contributed by atoms with Crippen LogP contribution in [0.15, 0.2) is 17.0 Å². The summed E-state index contributed by atoms with van der Waals surface area (Å²) in [6, 6.07) is 1.81. The summed E-state index contributed by atoms with van der Waals surface area (Å²) in [6.45, 7) is 0. The zero-order valence-electron chi connectivity index (χ0n) is 5.20. The monoisotopic (exact) mass is 324 g/mol. The molecule has 56 valence electrons. The van der Waals surface area contributed by atoms with Crippen LogP contribution in [0.3, 0.4) is 0 Å². The highest BCUT2D eigenvalue weighted by Gasteiger charge is 2.01. The summed E-state index contributed by atoms with van der Waals surface area (Å²) >= 11 is 5.31. The summed E-state index contributed by atoms with van der Waals surface area (Å²) in [5, 5.41) is 4.10. The molecule has 0 bridgehead atoms. The van der Waals surface area contributed by atoms with E-state index in [-0.39, 0.29) is 0 Å². The molecule has 0 aliphatic heterocycles. The number of aromatic nitrogens is 4. The van der Waals surface area contributed by atoms with Crippen LogP contribution in [0.5, 0.6) is 0 Å². The van der Waals surface area contributed by atoms with Crippen LogP contribution in [0.1, 0.15) is 0 Å². The van der Waals surface area contributed by atoms with Crippen molar-refractivity contribution in [1.29, 1.82) is 0 Å². The molecule has 0 amide bonds. The topological polar surface area (TPSA) is 43.1 Å². The van der Waals surface area contributed by atoms with Gasteiger partial charge in [0.2, 0.25) is 3.83 Å². The second kappa shape index (κ2) is 2.67. The Balaban J connectivity index is 2.90. The number of halogens is 2. The summed E-state index contributed by atoms with van der Waals surface area (Å²) < 4.78 is 3.03. The van der Waals surface area contributed by atoms with Gasteiger partial charge in [0.1, 0.15) is 0 Å². The van der Waals surface area contributed by atoms with Gasteiger partial charge >= 0.3 is 0 Å². The third kappa shape index (κ3) is 1.24. The summed E-state index contributed by atoms with van der Waals surface area (Å²) in [5.74, 6) is 0. The lowest BCUT2D eigenvalue weighted by Crippen LogP contribution is -1.91. The lowest BCUT2D eigenvalue weighted by Gasteiger charge is -1.90. The van der Waals surface area contributed by atoms with Gasteiger partial charge < -0.3 is 0 Å². The molecule has 0 aliphatic rings. The van der Waals surface area contributed by atoms with Crippen molar-refractivity contribution in [3.05, 3.63) is 20.8 Å². The minimum Gasteiger partial charge on any atom is -0.231 e. The average Bonchev–Trinajstić information content (AvgIpc) is 2.31. The van der Waals surface area contributed by atoms with Crippen LogP contribution >= 0.6 is 38.5 Å². The Bertz CT molecular complexity index is 398. The molecule has 0 saturated carbocycles. The minimum absolute atomic E-state index is 0.672. The van der Waals surface area contributed by atoms with Crippen molar-refractivity contribution in [3.8, 4) is 0 Å². The largest absolute Gasteiger partial charge is 0.231 e. The van der Waals surface area contributed by atoms with Gasteiger partial charge in [-0.3, -0.25) is 0 Å². The van der Waals surface area contributed by atoms with Crippen molar-refractivity contribution in [2.24, 2.45) is 0 Å². The van der Waals surface area contributed by atoms with Crippen LogP contribution in [-0.2, 0) is 0 Å². The van der Waals surface area contributed by atoms with Crippen LogP contribution in [0.4, 0.5) is 0 Å². The molecule has 2 aromatic heterocycles. The molecular weight excluding hydrogens is 323 g/mol. The van der Waals surface area contributed by atoms with Crippen molar-refractivity contribution in [2.75, 3.05) is 0 Å². The summed E-state index contributed by atoms with van der Waals surface area (Å²) in [7, 11) is 0. The molecule has 0 aliphatic carbocycles. The second-order valence-corrected chi connectivity index (χ2v) is 3.54. The van der Waals surface area contributed by atoms with Crippen LogP contribution in [0.25, 0.3) is 5.65 Å². The lowest BCUT2D eigenvalue weighted by molar-refractivity contribution is 0.876. The molecule has 4 nitrogen and oxygen atoms in total. The fourth-order valence-corrected chi connectivity index (χ4v) is 1.60. The third-order valence-electron chi connectivity index (χ3n) is 1.19. The van der Waals surface area contributed by atoms with Gasteiger partial charge in [-0.05, 0) is 15.9 Å². The van der Waals surface area contributed by atoms with E-state index in [0.29, 0.717) is 4.73 Å². The highest BCUT2D eigenvalue weighted by molar-refractivity contribution is 14.1. The van der Waals surface area contributed by atoms with Crippen molar-refractivity contribution in [2.45, 2.75) is 0 Å². The zero-order chi connectivity index (χ0) is 7.84. The van der Waals surface area contributed by atoms with E-state index in [9.17, 15) is 0 Å². The molecule has 0 aromatic carbocycles. The predicted molar refractivity (Wildman–Crippen MR) is 51.2 cm³/mol. The fourth-order valence-electron chi connectivity index (χ4n) is 0.762. The van der Waals surface area contributed by atoms with Crippen LogP contribution in [-0.4, -0.2) is 19.6 Å². The van der Waals surface area contributed by atoms with Gasteiger partial charge in [-0.1, -0.05) is 0 Å². The maximum Gasteiger partial charge on any atom is 0.212 e. The smallest absolute Gasteiger partial charge is 0.212 e. The highest BCUT2D eigenvalue weighted by atomic mass is 127. The predicted octanol–water partition coefficient (Wildman–Crippen LogP) is 1.49. The Kier molecular flexibility index (Phi) is 1.80. The van der Waals surface area contributed by atoms with E-state index >= 15 is 0 Å². The van der Waals surface area contributed by atoms with Crippen molar-refractivity contribution in [1.82, 2.24) is 19.6 Å². The van der Waals surface area contributed by atoms with Gasteiger partial charge in [-0.15, -0.1) is 5.10 Å². The first kappa shape index (κ1) is 7.41. The van der Waals surface area contributed by atoms with Crippen LogP contribution < -0.4 is 0 Å². The molecule has 11 heavy (non-hydrogen) atoms. The van der Waals surface area contributed by atoms with Gasteiger partial charge in [0.15, 0.2) is 10.4 Å². The first-order chi connectivity index (χ1) is 5.27. The Labute approximate surface area is 84.3 Å². The van der Waals surface area contributed by atoms with E-state index in [0.717, 1.165) is 9.48 Å². The van der Waals surface area contributed by atoms with Gasteiger partial charge in [0, 0.05) is 34.9 Å². The summed E-state index contributed by atoms with van der Waals surface area (Å²) in [4.78, 5) is 8.14. The molecule has 0 spiro atoms. The van der Waals surface area contributed by atoms with E-state index in [1.54, 1.807) is 16.8 Å². The summed E-state index contributed by atoms with van der Waals surface area (Å²) in [6.07, 6.45) is 1.68. The maximum atomic E-state index is 4.14. The Morgan fingerprint density at radius 2 is 2.36 bits per heavy atom. The second-order valence-electron chi connectivity index (χ2n) is 1.86. The zero-order valence-corrected chi connectivity index (χ0v) is 8.94. The molecule has 0 atom stereocenters. The number of nitrogens with zero attached hydrogens (tertiary/aromatic N) is 4. The van der Waals surface area contributed by atoms with E-state index in [2.05, 4.69) is 53.6 Å². The number of hydrogen-bond acceptors (Lipinski definition) is 3. The maximum absolute atomic E-state index is 4.14. The highest BCUT2D eigenvalue weighted by Crippen LogP contribution is 2.08. The average molecular weight is 325 g/mol. The molecular formula is C5H2BrIN4. The Morgan fingerprint density at radius 1 is 1.55 bits per heavy atom. The number of fused-ring (bicyclic) bond motifs is 1. The molecule has 0 fully saturated rings. The standard InChI is InChI=1S/C5H2BrIN4/c6-4-8-2-1-3-9-5(7)10-11(3)4/h1-2H. The van der Waals surface area contributed by atoms with E-state index in [1.165, 1.54) is 0 Å². The molecule has 2 heterocycles. The molecule has 2 aromatic rings. The Morgan fingerprint density at radius 3 is 3.09 bits per heavy atom. The SMILES string of the molecule is Brc1nccc2nc(I)nn12. The first-order valence-electron chi connectivity index (χ1n) is 2.80. The van der Waals surface area contributed by atoms with Gasteiger partial charge in [0.05, 0.1) is 0 Å².